The topological polar surface area (TPSA) is 66.8 Å². The summed E-state index contributed by atoms with van der Waals surface area (Å²) >= 11 is 0. The number of carbonyl (C=O) groups excluding carboxylic acids is 1. The fourth-order valence-corrected chi connectivity index (χ4v) is 1.80. The van der Waals surface area contributed by atoms with E-state index >= 15 is 0 Å². The molecule has 1 aromatic carbocycles. The van der Waals surface area contributed by atoms with Crippen LogP contribution in [0.5, 0.6) is 11.5 Å². The normalized spacial score (nSPS) is 19.5. The lowest BCUT2D eigenvalue weighted by atomic mass is 9.95. The van der Waals surface area contributed by atoms with Crippen LogP contribution in [-0.2, 0) is 0 Å². The Morgan fingerprint density at radius 1 is 1.38 bits per heavy atom. The molecule has 0 bridgehead atoms. The zero-order chi connectivity index (χ0) is 12.1. The predicted molar refractivity (Wildman–Crippen MR) is 57.9 cm³/mol. The molecule has 4 nitrogen and oxygen atoms in total. The first-order valence-corrected chi connectivity index (χ1v) is 5.08. The molecule has 0 amide bonds. The zero-order valence-electron chi connectivity index (χ0n) is 9.44. The van der Waals surface area contributed by atoms with Gasteiger partial charge in [-0.3, -0.25) is 4.79 Å². The minimum Gasteiger partial charge on any atom is -0.508 e. The summed E-state index contributed by atoms with van der Waals surface area (Å²) < 4.78 is 5.44. The molecular weight excluding hydrogens is 208 g/mol. The summed E-state index contributed by atoms with van der Waals surface area (Å²) in [6.07, 6.45) is -0.900. The van der Waals surface area contributed by atoms with Crippen LogP contribution in [0.2, 0.25) is 0 Å². The summed E-state index contributed by atoms with van der Waals surface area (Å²) in [6.45, 7) is 4.72. The lowest BCUT2D eigenvalue weighted by molar-refractivity contribution is -0.0141. The molecule has 1 heterocycles. The van der Waals surface area contributed by atoms with Crippen LogP contribution in [0, 0.1) is 6.92 Å². The quantitative estimate of drug-likeness (QED) is 0.754. The van der Waals surface area contributed by atoms with Gasteiger partial charge in [0.2, 0.25) is 5.78 Å². The number of aromatic hydroxyl groups is 1. The Morgan fingerprint density at radius 2 is 2.00 bits per heavy atom. The first-order valence-electron chi connectivity index (χ1n) is 5.08. The number of fused-ring (bicyclic) bond motifs is 1. The second-order valence-electron chi connectivity index (χ2n) is 4.60. The molecule has 16 heavy (non-hydrogen) atoms. The molecule has 0 radical (unpaired) electrons. The van der Waals surface area contributed by atoms with Crippen molar-refractivity contribution in [1.82, 2.24) is 0 Å². The van der Waals surface area contributed by atoms with E-state index in [1.54, 1.807) is 6.92 Å². The maximum absolute atomic E-state index is 11.9. The van der Waals surface area contributed by atoms with E-state index in [1.807, 2.05) is 0 Å². The number of Topliss-reactive ketones (excluding diaryl/α,β-unsaturated/α-hetero) is 1. The van der Waals surface area contributed by atoms with Crippen molar-refractivity contribution in [3.05, 3.63) is 23.3 Å². The maximum atomic E-state index is 11.9. The van der Waals surface area contributed by atoms with Gasteiger partial charge in [-0.1, -0.05) is 0 Å². The molecule has 0 spiro atoms. The van der Waals surface area contributed by atoms with Gasteiger partial charge in [0.1, 0.15) is 17.1 Å². The molecule has 0 saturated carbocycles. The van der Waals surface area contributed by atoms with Crippen molar-refractivity contribution in [3.63, 3.8) is 0 Å². The predicted octanol–water partition coefficient (Wildman–Crippen LogP) is 1.42. The van der Waals surface area contributed by atoms with E-state index in [1.165, 1.54) is 26.0 Å². The van der Waals surface area contributed by atoms with Crippen molar-refractivity contribution >= 4 is 5.78 Å². The summed E-state index contributed by atoms with van der Waals surface area (Å²) in [5.41, 5.74) is -0.293. The number of rotatable bonds is 1. The van der Waals surface area contributed by atoms with Crippen molar-refractivity contribution in [2.75, 3.05) is 0 Å². The third-order valence-corrected chi connectivity index (χ3v) is 2.76. The Labute approximate surface area is 93.5 Å². The fraction of sp³-hybridized carbons (Fsp3) is 0.417. The molecule has 0 saturated heterocycles. The summed E-state index contributed by atoms with van der Waals surface area (Å²) in [6, 6.07) is 2.98. The molecule has 2 N–H and O–H groups in total. The van der Waals surface area contributed by atoms with Gasteiger partial charge in [-0.2, -0.15) is 0 Å². The van der Waals surface area contributed by atoms with Crippen molar-refractivity contribution < 1.29 is 19.7 Å². The zero-order valence-corrected chi connectivity index (χ0v) is 9.44. The summed E-state index contributed by atoms with van der Waals surface area (Å²) in [5.74, 6) is 0.214. The molecular formula is C12H14O4. The Balaban J connectivity index is 2.50. The van der Waals surface area contributed by atoms with E-state index in [0.717, 1.165) is 0 Å². The monoisotopic (exact) mass is 222 g/mol. The van der Waals surface area contributed by atoms with Crippen molar-refractivity contribution in [3.8, 4) is 11.5 Å². The Bertz CT molecular complexity index is 457. The third kappa shape index (κ3) is 1.46. The van der Waals surface area contributed by atoms with Gasteiger partial charge < -0.3 is 14.9 Å². The van der Waals surface area contributed by atoms with Crippen molar-refractivity contribution in [2.45, 2.75) is 32.5 Å². The second kappa shape index (κ2) is 3.22. The number of phenols is 1. The highest BCUT2D eigenvalue weighted by Crippen LogP contribution is 2.39. The van der Waals surface area contributed by atoms with Crippen molar-refractivity contribution in [1.29, 1.82) is 0 Å². The van der Waals surface area contributed by atoms with Gasteiger partial charge in [-0.05, 0) is 32.9 Å². The molecule has 1 aliphatic rings. The number of ketones is 1. The van der Waals surface area contributed by atoms with Crippen LogP contribution in [0.4, 0.5) is 0 Å². The molecule has 1 aliphatic heterocycles. The van der Waals surface area contributed by atoms with Gasteiger partial charge in [-0.15, -0.1) is 0 Å². The Hall–Kier alpha value is -1.55. The molecule has 86 valence electrons. The van der Waals surface area contributed by atoms with Gasteiger partial charge in [0.25, 0.3) is 0 Å². The van der Waals surface area contributed by atoms with Crippen LogP contribution >= 0.6 is 0 Å². The molecule has 4 heteroatoms. The summed E-state index contributed by atoms with van der Waals surface area (Å²) in [7, 11) is 0. The average molecular weight is 222 g/mol. The molecule has 0 aliphatic carbocycles. The summed E-state index contributed by atoms with van der Waals surface area (Å²) in [5, 5.41) is 19.3. The molecule has 1 unspecified atom stereocenters. The fourth-order valence-electron chi connectivity index (χ4n) is 1.80. The number of phenolic OH excluding ortho intramolecular Hbond substituents is 1. The summed E-state index contributed by atoms with van der Waals surface area (Å²) in [4.78, 5) is 11.9. The lowest BCUT2D eigenvalue weighted by Gasteiger charge is -2.23. The van der Waals surface area contributed by atoms with Crippen LogP contribution < -0.4 is 4.74 Å². The molecule has 2 rings (SSSR count). The minimum atomic E-state index is -1.24. The van der Waals surface area contributed by atoms with Crippen LogP contribution in [0.15, 0.2) is 12.1 Å². The lowest BCUT2D eigenvalue weighted by Crippen LogP contribution is -2.43. The molecule has 0 aromatic heterocycles. The number of aliphatic hydroxyl groups is 1. The highest BCUT2D eigenvalue weighted by Gasteiger charge is 2.43. The Kier molecular flexibility index (Phi) is 2.20. The van der Waals surface area contributed by atoms with Gasteiger partial charge in [0.05, 0.1) is 5.56 Å². The van der Waals surface area contributed by atoms with Crippen molar-refractivity contribution in [2.24, 2.45) is 0 Å². The highest BCUT2D eigenvalue weighted by molar-refractivity contribution is 6.05. The van der Waals surface area contributed by atoms with Crippen LogP contribution in [0.3, 0.4) is 0 Å². The van der Waals surface area contributed by atoms with Gasteiger partial charge in [0, 0.05) is 5.56 Å². The van der Waals surface area contributed by atoms with E-state index in [4.69, 9.17) is 4.74 Å². The molecule has 1 atom stereocenters. The Morgan fingerprint density at radius 3 is 2.56 bits per heavy atom. The van der Waals surface area contributed by atoms with E-state index in [-0.39, 0.29) is 11.5 Å². The largest absolute Gasteiger partial charge is 0.508 e. The average Bonchev–Trinajstić information content (AvgIpc) is 2.50. The number of carbonyl (C=O) groups is 1. The number of hydrogen-bond donors (Lipinski definition) is 2. The van der Waals surface area contributed by atoms with Gasteiger partial charge >= 0.3 is 0 Å². The van der Waals surface area contributed by atoms with E-state index in [9.17, 15) is 15.0 Å². The van der Waals surface area contributed by atoms with Crippen LogP contribution in [-0.4, -0.2) is 27.7 Å². The minimum absolute atomic E-state index is 0.0861. The molecule has 0 fully saturated rings. The van der Waals surface area contributed by atoms with E-state index in [0.29, 0.717) is 16.9 Å². The van der Waals surface area contributed by atoms with E-state index in [2.05, 4.69) is 0 Å². The number of ether oxygens (including phenoxy) is 1. The standard InChI is InChI=1S/C12H14O4/c1-6-8(13)5-4-7-9(14)11(12(2,3)15)16-10(6)7/h4-5,11,13,15H,1-3H3. The highest BCUT2D eigenvalue weighted by atomic mass is 16.5. The maximum Gasteiger partial charge on any atom is 0.210 e. The number of benzene rings is 1. The smallest absolute Gasteiger partial charge is 0.210 e. The third-order valence-electron chi connectivity index (χ3n) is 2.76. The van der Waals surface area contributed by atoms with E-state index < -0.39 is 11.7 Å². The SMILES string of the molecule is Cc1c(O)ccc2c1OC(C(C)(C)O)C2=O. The van der Waals surface area contributed by atoms with Gasteiger partial charge in [0.15, 0.2) is 6.10 Å². The van der Waals surface area contributed by atoms with Gasteiger partial charge in [-0.25, -0.2) is 0 Å². The molecule has 1 aromatic rings. The number of hydrogen-bond acceptors (Lipinski definition) is 4. The van der Waals surface area contributed by atoms with Crippen LogP contribution in [0.25, 0.3) is 0 Å². The second-order valence-corrected chi connectivity index (χ2v) is 4.60. The van der Waals surface area contributed by atoms with Crippen LogP contribution in [0.1, 0.15) is 29.8 Å². The first-order chi connectivity index (χ1) is 7.32. The first kappa shape index (κ1) is 11.0.